The first kappa shape index (κ1) is 57.6. The van der Waals surface area contributed by atoms with Gasteiger partial charge in [-0.2, -0.15) is 0 Å². The molecule has 0 aliphatic heterocycles. The molecule has 3 atom stereocenters. The molecule has 0 bridgehead atoms. The summed E-state index contributed by atoms with van der Waals surface area (Å²) in [5.74, 6) is -0.990. The highest BCUT2D eigenvalue weighted by atomic mass is 31.2. The molecule has 10 nitrogen and oxygen atoms in total. The van der Waals surface area contributed by atoms with Crippen LogP contribution in [0.1, 0.15) is 136 Å². The van der Waals surface area contributed by atoms with E-state index in [4.69, 9.17) is 18.5 Å². The van der Waals surface area contributed by atoms with Gasteiger partial charge in [-0.15, -0.1) is 0 Å². The first-order chi connectivity index (χ1) is 29.4. The van der Waals surface area contributed by atoms with Crippen LogP contribution in [-0.2, 0) is 32.7 Å². The van der Waals surface area contributed by atoms with Gasteiger partial charge in [-0.25, -0.2) is 0 Å². The van der Waals surface area contributed by atoms with Crippen LogP contribution in [0.5, 0.6) is 0 Å². The Hall–Kier alpha value is -3.37. The van der Waals surface area contributed by atoms with Crippen molar-refractivity contribution in [2.45, 2.75) is 148 Å². The minimum absolute atomic E-state index is 0.0629. The van der Waals surface area contributed by atoms with Gasteiger partial charge in [0.25, 0.3) is 7.82 Å². The van der Waals surface area contributed by atoms with Crippen LogP contribution in [0.25, 0.3) is 0 Å². The van der Waals surface area contributed by atoms with Crippen LogP contribution in [0.2, 0.25) is 0 Å². The quantitative estimate of drug-likeness (QED) is 0.0160. The fourth-order valence-electron chi connectivity index (χ4n) is 5.28. The summed E-state index contributed by atoms with van der Waals surface area (Å²) >= 11 is 0. The molecule has 1 unspecified atom stereocenters. The zero-order valence-corrected chi connectivity index (χ0v) is 39.3. The molecule has 0 radical (unpaired) electrons. The molecule has 0 aliphatic carbocycles. The van der Waals surface area contributed by atoms with Crippen LogP contribution < -0.4 is 4.89 Å². The lowest BCUT2D eigenvalue weighted by Gasteiger charge is -2.28. The molecule has 346 valence electrons. The van der Waals surface area contributed by atoms with Gasteiger partial charge in [0, 0.05) is 12.8 Å². The van der Waals surface area contributed by atoms with Crippen molar-refractivity contribution in [2.24, 2.45) is 0 Å². The summed E-state index contributed by atoms with van der Waals surface area (Å²) in [7, 11) is 1.06. The molecule has 0 spiro atoms. The topological polar surface area (TPSA) is 131 Å². The van der Waals surface area contributed by atoms with E-state index in [0.717, 1.165) is 64.2 Å². The number of hydrogen-bond acceptors (Lipinski definition) is 9. The number of carbonyl (C=O) groups excluding carboxylic acids is 2. The van der Waals surface area contributed by atoms with Gasteiger partial charge in [0.1, 0.15) is 19.8 Å². The average Bonchev–Trinajstić information content (AvgIpc) is 3.21. The number of esters is 2. The van der Waals surface area contributed by atoms with Gasteiger partial charge in [0.15, 0.2) is 6.10 Å². The Bertz CT molecular complexity index is 1420. The van der Waals surface area contributed by atoms with E-state index >= 15 is 0 Å². The van der Waals surface area contributed by atoms with E-state index < -0.39 is 38.6 Å². The zero-order valence-electron chi connectivity index (χ0n) is 38.4. The second-order valence-electron chi connectivity index (χ2n) is 15.9. The molecule has 0 fully saturated rings. The number of aliphatic hydroxyl groups excluding tert-OH is 1. The zero-order chi connectivity index (χ0) is 45.1. The average molecular weight is 872 g/mol. The Balaban J connectivity index is 4.59. The van der Waals surface area contributed by atoms with E-state index in [0.29, 0.717) is 36.7 Å². The molecule has 0 saturated heterocycles. The van der Waals surface area contributed by atoms with Crippen molar-refractivity contribution in [3.05, 3.63) is 109 Å². The lowest BCUT2D eigenvalue weighted by Crippen LogP contribution is -2.37. The van der Waals surface area contributed by atoms with Gasteiger partial charge in [-0.1, -0.05) is 142 Å². The molecular formula is C50H82NO9P. The van der Waals surface area contributed by atoms with Crippen molar-refractivity contribution in [2.75, 3.05) is 47.5 Å². The number of aliphatic hydroxyl groups is 1. The van der Waals surface area contributed by atoms with Crippen molar-refractivity contribution in [1.29, 1.82) is 0 Å². The lowest BCUT2D eigenvalue weighted by atomic mass is 10.1. The van der Waals surface area contributed by atoms with E-state index in [1.807, 2.05) is 57.6 Å². The first-order valence-electron chi connectivity index (χ1n) is 22.7. The third kappa shape index (κ3) is 44.5. The van der Waals surface area contributed by atoms with Crippen LogP contribution in [-0.4, -0.2) is 81.2 Å². The van der Waals surface area contributed by atoms with E-state index in [9.17, 15) is 24.2 Å². The summed E-state index contributed by atoms with van der Waals surface area (Å²) in [6.07, 6.45) is 51.5. The number of nitrogens with zero attached hydrogens (tertiary/aromatic N) is 1. The fourth-order valence-corrected chi connectivity index (χ4v) is 6.01. The number of quaternary nitrogens is 1. The summed E-state index contributed by atoms with van der Waals surface area (Å²) in [6.45, 7) is 3.86. The van der Waals surface area contributed by atoms with Gasteiger partial charge < -0.3 is 33.0 Å². The number of phosphoric acid groups is 1. The van der Waals surface area contributed by atoms with Crippen LogP contribution in [0.4, 0.5) is 0 Å². The minimum Gasteiger partial charge on any atom is -0.756 e. The van der Waals surface area contributed by atoms with Crippen molar-refractivity contribution in [3.8, 4) is 0 Å². The summed E-state index contributed by atoms with van der Waals surface area (Å²) in [5, 5.41) is 10.0. The first-order valence-corrected chi connectivity index (χ1v) is 24.2. The fraction of sp³-hybridized carbons (Fsp3) is 0.600. The predicted molar refractivity (Wildman–Crippen MR) is 251 cm³/mol. The third-order valence-electron chi connectivity index (χ3n) is 8.86. The lowest BCUT2D eigenvalue weighted by molar-refractivity contribution is -0.870. The van der Waals surface area contributed by atoms with Crippen LogP contribution in [0, 0.1) is 0 Å². The molecule has 11 heteroatoms. The molecule has 61 heavy (non-hydrogen) atoms. The number of likely N-dealkylation sites (N-methyl/N-ethyl adjacent to an activating group) is 1. The Kier molecular flexibility index (Phi) is 38.4. The largest absolute Gasteiger partial charge is 0.756 e. The Morgan fingerprint density at radius 3 is 1.77 bits per heavy atom. The van der Waals surface area contributed by atoms with Gasteiger partial charge in [-0.05, 0) is 89.9 Å². The maximum Gasteiger partial charge on any atom is 0.306 e. The molecule has 0 rings (SSSR count). The highest BCUT2D eigenvalue weighted by Crippen LogP contribution is 2.38. The van der Waals surface area contributed by atoms with E-state index in [2.05, 4.69) is 80.7 Å². The van der Waals surface area contributed by atoms with Crippen molar-refractivity contribution >= 4 is 19.8 Å². The standard InChI is InChI=1S/C50H82NO9P/c1-6-8-10-12-14-15-16-17-18-19-20-21-22-23-24-25-30-34-38-42-50(54)60-48(46-59-61(55,56)58-44-43-51(3,4)5)45-57-49(53)41-37-33-29-27-26-28-32-36-40-47(52)39-35-31-13-11-9-7-2/h8,10,14-15,17-18,20-21,23-24,27-29,31-32,35-36,40,47-48,52H,6-7,9,11-13,16,19,22,25-26,30,33-34,37-39,41-46H2,1-5H3/b10-8-,15-14-,18-17-,21-20-,24-23-,29-27-,32-28-,35-31-,40-36+/t47-,48-/m1/s1. The smallest absolute Gasteiger partial charge is 0.306 e. The molecule has 1 N–H and O–H groups in total. The maximum atomic E-state index is 12.7. The molecule has 0 aliphatic rings. The summed E-state index contributed by atoms with van der Waals surface area (Å²) in [4.78, 5) is 37.6. The van der Waals surface area contributed by atoms with Gasteiger partial charge in [-0.3, -0.25) is 14.2 Å². The molecule has 0 aromatic heterocycles. The van der Waals surface area contributed by atoms with Crippen molar-refractivity contribution < 1.29 is 47.2 Å². The normalized spacial score (nSPS) is 15.1. The van der Waals surface area contributed by atoms with Gasteiger partial charge >= 0.3 is 11.9 Å². The highest BCUT2D eigenvalue weighted by molar-refractivity contribution is 7.45. The number of allylic oxidation sites excluding steroid dienone is 16. The van der Waals surface area contributed by atoms with Crippen LogP contribution in [0.3, 0.4) is 0 Å². The second-order valence-corrected chi connectivity index (χ2v) is 17.3. The molecule has 0 heterocycles. The van der Waals surface area contributed by atoms with Crippen LogP contribution >= 0.6 is 7.82 Å². The Labute approximate surface area is 370 Å². The number of rotatable bonds is 39. The van der Waals surface area contributed by atoms with Gasteiger partial charge in [0.05, 0.1) is 33.9 Å². The Morgan fingerprint density at radius 1 is 0.623 bits per heavy atom. The molecule has 0 aromatic carbocycles. The van der Waals surface area contributed by atoms with Gasteiger partial charge in [0.2, 0.25) is 0 Å². The van der Waals surface area contributed by atoms with E-state index in [1.54, 1.807) is 6.08 Å². The van der Waals surface area contributed by atoms with E-state index in [1.165, 1.54) is 19.3 Å². The number of phosphoric ester groups is 1. The minimum atomic E-state index is -4.67. The summed E-state index contributed by atoms with van der Waals surface area (Å²) in [5.41, 5.74) is 0. The van der Waals surface area contributed by atoms with Crippen molar-refractivity contribution in [1.82, 2.24) is 0 Å². The highest BCUT2D eigenvalue weighted by Gasteiger charge is 2.21. The molecule has 0 amide bonds. The monoisotopic (exact) mass is 872 g/mol. The summed E-state index contributed by atoms with van der Waals surface area (Å²) in [6, 6.07) is 0. The third-order valence-corrected chi connectivity index (χ3v) is 9.82. The number of ether oxygens (including phenoxy) is 2. The SMILES string of the molecule is CC/C=C\C/C=C\C/C=C\C/C=C\C/C=C\CCCCCC(=O)O[C@H](COC(=O)CCC/C=C\C/C=C\C=C\[C@H](O)C/C=C\CCCCC)COP(=O)([O-])OCC[N+](C)(C)C. The summed E-state index contributed by atoms with van der Waals surface area (Å²) < 4.78 is 33.8. The number of unbranched alkanes of at least 4 members (excludes halogenated alkanes) is 7. The van der Waals surface area contributed by atoms with Crippen LogP contribution in [0.15, 0.2) is 109 Å². The maximum absolute atomic E-state index is 12.7. The Morgan fingerprint density at radius 2 is 1.16 bits per heavy atom. The number of carbonyl (C=O) groups is 2. The molecule has 0 aromatic rings. The second kappa shape index (κ2) is 40.7. The predicted octanol–water partition coefficient (Wildman–Crippen LogP) is 11.5. The number of hydrogen-bond donors (Lipinski definition) is 1. The molecular weight excluding hydrogens is 790 g/mol. The van der Waals surface area contributed by atoms with E-state index in [-0.39, 0.29) is 26.1 Å². The van der Waals surface area contributed by atoms with Crippen molar-refractivity contribution in [3.63, 3.8) is 0 Å². The molecule has 0 saturated carbocycles.